The van der Waals surface area contributed by atoms with Crippen molar-refractivity contribution in [2.24, 2.45) is 0 Å². The van der Waals surface area contributed by atoms with Gasteiger partial charge in [0.05, 0.1) is 24.3 Å². The van der Waals surface area contributed by atoms with Gasteiger partial charge in [0.2, 0.25) is 5.91 Å². The van der Waals surface area contributed by atoms with E-state index in [0.29, 0.717) is 38.7 Å². The van der Waals surface area contributed by atoms with Crippen LogP contribution in [0.1, 0.15) is 57.9 Å². The number of rotatable bonds is 12. The van der Waals surface area contributed by atoms with E-state index in [4.69, 9.17) is 21.7 Å². The predicted octanol–water partition coefficient (Wildman–Crippen LogP) is 6.80. The highest BCUT2D eigenvalue weighted by Crippen LogP contribution is 2.37. The molecule has 0 radical (unpaired) electrons. The highest BCUT2D eigenvalue weighted by Gasteiger charge is 2.33. The molecule has 1 aliphatic rings. The molecule has 0 spiro atoms. The number of hydrogen-bond donors (Lipinski definition) is 1. The predicted molar refractivity (Wildman–Crippen MR) is 148 cm³/mol. The molecule has 0 bridgehead atoms. The smallest absolute Gasteiger partial charge is 0.270 e. The monoisotopic (exact) mass is 512 g/mol. The Morgan fingerprint density at radius 2 is 1.77 bits per heavy atom. The Bertz CT molecular complexity index is 1080. The molecule has 2 aromatic carbocycles. The fraction of sp³-hybridized carbons (Fsp3) is 0.370. The van der Waals surface area contributed by atoms with Crippen molar-refractivity contribution in [2.75, 3.05) is 23.9 Å². The first-order chi connectivity index (χ1) is 16.9. The van der Waals surface area contributed by atoms with Crippen LogP contribution in [0.15, 0.2) is 47.4 Å². The first-order valence-electron chi connectivity index (χ1n) is 11.9. The van der Waals surface area contributed by atoms with Gasteiger partial charge in [-0.2, -0.15) is 0 Å². The van der Waals surface area contributed by atoms with Crippen LogP contribution in [0.25, 0.3) is 6.08 Å². The average Bonchev–Trinajstić information content (AvgIpc) is 3.11. The Kier molecular flexibility index (Phi) is 10.2. The summed E-state index contributed by atoms with van der Waals surface area (Å²) in [5, 5.41) is 2.71. The average molecular weight is 513 g/mol. The summed E-state index contributed by atoms with van der Waals surface area (Å²) >= 11 is 6.73. The Balaban J connectivity index is 1.65. The number of anilines is 2. The summed E-state index contributed by atoms with van der Waals surface area (Å²) in [5.41, 5.74) is 2.14. The van der Waals surface area contributed by atoms with Crippen LogP contribution >= 0.6 is 24.0 Å². The fourth-order valence-electron chi connectivity index (χ4n) is 3.70. The second kappa shape index (κ2) is 13.3. The fourth-order valence-corrected chi connectivity index (χ4v) is 5.00. The van der Waals surface area contributed by atoms with Gasteiger partial charge in [-0.25, -0.2) is 0 Å². The van der Waals surface area contributed by atoms with Gasteiger partial charge in [0.15, 0.2) is 15.8 Å². The summed E-state index contributed by atoms with van der Waals surface area (Å²) < 4.78 is 11.9. The summed E-state index contributed by atoms with van der Waals surface area (Å²) in [6.45, 7) is 4.32. The van der Waals surface area contributed by atoms with Crippen molar-refractivity contribution in [3.8, 4) is 11.5 Å². The molecule has 0 unspecified atom stereocenters. The van der Waals surface area contributed by atoms with Gasteiger partial charge in [-0.3, -0.25) is 14.5 Å². The van der Waals surface area contributed by atoms with Crippen molar-refractivity contribution in [2.45, 2.75) is 52.4 Å². The highest BCUT2D eigenvalue weighted by molar-refractivity contribution is 8.27. The molecule has 1 aliphatic heterocycles. The topological polar surface area (TPSA) is 67.9 Å². The molecule has 1 saturated heterocycles. The number of nitrogens with one attached hydrogen (secondary N) is 1. The lowest BCUT2D eigenvalue weighted by Gasteiger charge is -2.15. The zero-order valence-corrected chi connectivity index (χ0v) is 22.1. The first kappa shape index (κ1) is 26.8. The number of amides is 2. The third kappa shape index (κ3) is 7.57. The normalized spacial score (nSPS) is 14.5. The number of benzene rings is 2. The maximum atomic E-state index is 13.1. The minimum Gasteiger partial charge on any atom is -0.493 e. The Hall–Kier alpha value is -2.84. The summed E-state index contributed by atoms with van der Waals surface area (Å²) in [4.78, 5) is 26.4. The lowest BCUT2D eigenvalue weighted by molar-refractivity contribution is -0.114. The van der Waals surface area contributed by atoms with Gasteiger partial charge < -0.3 is 14.8 Å². The quantitative estimate of drug-likeness (QED) is 0.192. The zero-order valence-electron chi connectivity index (χ0n) is 20.5. The summed E-state index contributed by atoms with van der Waals surface area (Å²) in [7, 11) is 1.61. The third-order valence-corrected chi connectivity index (χ3v) is 6.78. The van der Waals surface area contributed by atoms with Gasteiger partial charge in [-0.1, -0.05) is 69.1 Å². The van der Waals surface area contributed by atoms with Crippen LogP contribution in [0.3, 0.4) is 0 Å². The van der Waals surface area contributed by atoms with Gasteiger partial charge in [-0.05, 0) is 54.5 Å². The van der Waals surface area contributed by atoms with Crippen molar-refractivity contribution in [3.63, 3.8) is 0 Å². The second-order valence-electron chi connectivity index (χ2n) is 8.27. The van der Waals surface area contributed by atoms with Crippen LogP contribution in [0, 0.1) is 0 Å². The van der Waals surface area contributed by atoms with E-state index in [1.54, 1.807) is 31.4 Å². The largest absolute Gasteiger partial charge is 0.493 e. The molecule has 6 nitrogen and oxygen atoms in total. The van der Waals surface area contributed by atoms with Gasteiger partial charge in [0.1, 0.15) is 0 Å². The SMILES string of the molecule is CCCCCCCCOc1ccc(/C=C2\SC(=S)N(c3ccc(NC(C)=O)cc3)C2=O)cc1OC. The van der Waals surface area contributed by atoms with E-state index < -0.39 is 0 Å². The Morgan fingerprint density at radius 1 is 1.06 bits per heavy atom. The minimum absolute atomic E-state index is 0.152. The van der Waals surface area contributed by atoms with Gasteiger partial charge in [-0.15, -0.1) is 0 Å². The van der Waals surface area contributed by atoms with E-state index in [0.717, 1.165) is 18.4 Å². The van der Waals surface area contributed by atoms with E-state index in [-0.39, 0.29) is 11.8 Å². The van der Waals surface area contributed by atoms with Crippen LogP contribution in [0.5, 0.6) is 11.5 Å². The second-order valence-corrected chi connectivity index (χ2v) is 9.95. The van der Waals surface area contributed by atoms with Crippen LogP contribution in [-0.2, 0) is 9.59 Å². The van der Waals surface area contributed by atoms with E-state index in [2.05, 4.69) is 12.2 Å². The van der Waals surface area contributed by atoms with Gasteiger partial charge >= 0.3 is 0 Å². The molecule has 1 fully saturated rings. The minimum atomic E-state index is -0.186. The number of methoxy groups -OCH3 is 1. The lowest BCUT2D eigenvalue weighted by atomic mass is 10.1. The van der Waals surface area contributed by atoms with E-state index in [1.807, 2.05) is 24.3 Å². The molecule has 1 N–H and O–H groups in total. The number of thiocarbonyl (C=S) groups is 1. The molecular weight excluding hydrogens is 480 g/mol. The lowest BCUT2D eigenvalue weighted by Crippen LogP contribution is -2.27. The van der Waals surface area contributed by atoms with Crippen molar-refractivity contribution < 1.29 is 19.1 Å². The summed E-state index contributed by atoms with van der Waals surface area (Å²) in [6.07, 6.45) is 9.05. The number of carbonyl (C=O) groups excluding carboxylic acids is 2. The van der Waals surface area contributed by atoms with Crippen molar-refractivity contribution in [3.05, 3.63) is 52.9 Å². The van der Waals surface area contributed by atoms with Crippen LogP contribution in [0.2, 0.25) is 0 Å². The van der Waals surface area contributed by atoms with Gasteiger partial charge in [0, 0.05) is 12.6 Å². The Labute approximate surface area is 217 Å². The molecule has 0 atom stereocenters. The molecular formula is C27H32N2O4S2. The number of unbranched alkanes of at least 4 members (excludes halogenated alkanes) is 5. The third-order valence-electron chi connectivity index (χ3n) is 5.48. The maximum Gasteiger partial charge on any atom is 0.270 e. The number of carbonyl (C=O) groups is 2. The van der Waals surface area contributed by atoms with Crippen LogP contribution in [-0.4, -0.2) is 29.9 Å². The van der Waals surface area contributed by atoms with E-state index in [9.17, 15) is 9.59 Å². The molecule has 0 aliphatic carbocycles. The number of nitrogens with zero attached hydrogens (tertiary/aromatic N) is 1. The van der Waals surface area contributed by atoms with Crippen LogP contribution in [0.4, 0.5) is 11.4 Å². The number of ether oxygens (including phenoxy) is 2. The van der Waals surface area contributed by atoms with Crippen molar-refractivity contribution in [1.29, 1.82) is 0 Å². The van der Waals surface area contributed by atoms with Crippen molar-refractivity contribution >= 4 is 57.6 Å². The number of thioether (sulfide) groups is 1. The molecule has 2 aromatic rings. The molecule has 2 amide bonds. The van der Waals surface area contributed by atoms with Gasteiger partial charge in [0.25, 0.3) is 5.91 Å². The molecule has 35 heavy (non-hydrogen) atoms. The molecule has 1 heterocycles. The zero-order chi connectivity index (χ0) is 25.2. The summed E-state index contributed by atoms with van der Waals surface area (Å²) in [6, 6.07) is 12.7. The molecule has 0 aromatic heterocycles. The van der Waals surface area contributed by atoms with Crippen LogP contribution < -0.4 is 19.7 Å². The molecule has 3 rings (SSSR count). The number of hydrogen-bond acceptors (Lipinski definition) is 6. The molecule has 0 saturated carbocycles. The standard InChI is InChI=1S/C27H32N2O4S2/c1-4-5-6-7-8-9-16-33-23-15-10-20(17-24(23)32-3)18-25-26(31)29(27(34)35-25)22-13-11-21(12-14-22)28-19(2)30/h10-15,17-18H,4-9,16H2,1-3H3,(H,28,30)/b25-18-. The Morgan fingerprint density at radius 3 is 2.46 bits per heavy atom. The highest BCUT2D eigenvalue weighted by atomic mass is 32.2. The molecule has 186 valence electrons. The first-order valence-corrected chi connectivity index (χ1v) is 13.1. The van der Waals surface area contributed by atoms with E-state index >= 15 is 0 Å². The summed E-state index contributed by atoms with van der Waals surface area (Å²) in [5.74, 6) is 0.994. The maximum absolute atomic E-state index is 13.1. The van der Waals surface area contributed by atoms with E-state index in [1.165, 1.54) is 49.3 Å². The molecule has 8 heteroatoms. The van der Waals surface area contributed by atoms with Crippen molar-refractivity contribution in [1.82, 2.24) is 0 Å².